The molecule has 1 fully saturated rings. The van der Waals surface area contributed by atoms with Crippen LogP contribution in [-0.2, 0) is 0 Å². The molecule has 2 N–H and O–H groups in total. The van der Waals surface area contributed by atoms with Crippen molar-refractivity contribution in [3.63, 3.8) is 0 Å². The minimum atomic E-state index is 0.642. The van der Waals surface area contributed by atoms with Crippen LogP contribution >= 0.6 is 0 Å². The van der Waals surface area contributed by atoms with Crippen LogP contribution in [0.4, 0.5) is 5.82 Å². The molecule has 0 radical (unpaired) electrons. The number of nitrogens with one attached hydrogen (secondary N) is 2. The van der Waals surface area contributed by atoms with Crippen molar-refractivity contribution in [2.45, 2.75) is 32.7 Å². The number of aryl methyl sites for hydroxylation is 1. The molecule has 0 aliphatic heterocycles. The van der Waals surface area contributed by atoms with Gasteiger partial charge in [0, 0.05) is 11.6 Å². The predicted molar refractivity (Wildman–Crippen MR) is 70.1 cm³/mol. The number of benzene rings is 1. The third kappa shape index (κ3) is 2.05. The third-order valence-electron chi connectivity index (χ3n) is 3.27. The fraction of sp³-hybridized carbons (Fsp3) is 0.357. The zero-order chi connectivity index (χ0) is 11.8. The Morgan fingerprint density at radius 2 is 1.88 bits per heavy atom. The predicted octanol–water partition coefficient (Wildman–Crippen LogP) is 3.27. The number of anilines is 1. The number of aromatic nitrogens is 2. The second-order valence-electron chi connectivity index (χ2n) is 4.86. The van der Waals surface area contributed by atoms with Gasteiger partial charge in [0.25, 0.3) is 0 Å². The normalized spacial score (nSPS) is 14.9. The van der Waals surface area contributed by atoms with Crippen LogP contribution in [0.2, 0.25) is 0 Å². The number of rotatable bonds is 3. The molecule has 3 nitrogen and oxygen atoms in total. The molecule has 0 spiro atoms. The van der Waals surface area contributed by atoms with Gasteiger partial charge in [0.15, 0.2) is 5.82 Å². The van der Waals surface area contributed by atoms with Gasteiger partial charge in [0.05, 0.1) is 5.69 Å². The van der Waals surface area contributed by atoms with Crippen molar-refractivity contribution in [3.8, 4) is 11.3 Å². The molecule has 1 aromatic carbocycles. The molecule has 0 atom stereocenters. The summed E-state index contributed by atoms with van der Waals surface area (Å²) in [4.78, 5) is 0. The second kappa shape index (κ2) is 3.91. The van der Waals surface area contributed by atoms with Crippen LogP contribution < -0.4 is 5.32 Å². The van der Waals surface area contributed by atoms with Crippen molar-refractivity contribution in [1.29, 1.82) is 0 Å². The molecule has 3 heteroatoms. The van der Waals surface area contributed by atoms with Crippen molar-refractivity contribution in [2.75, 3.05) is 5.32 Å². The number of aromatic amines is 1. The molecule has 0 unspecified atom stereocenters. The minimum absolute atomic E-state index is 0.642. The largest absolute Gasteiger partial charge is 0.366 e. The van der Waals surface area contributed by atoms with Crippen LogP contribution in [0, 0.1) is 13.8 Å². The van der Waals surface area contributed by atoms with Gasteiger partial charge in [0.2, 0.25) is 0 Å². The quantitative estimate of drug-likeness (QED) is 0.845. The second-order valence-corrected chi connectivity index (χ2v) is 4.86. The van der Waals surface area contributed by atoms with Gasteiger partial charge in [-0.2, -0.15) is 5.10 Å². The Morgan fingerprint density at radius 1 is 1.18 bits per heavy atom. The van der Waals surface area contributed by atoms with Gasteiger partial charge in [-0.3, -0.25) is 5.10 Å². The van der Waals surface area contributed by atoms with Crippen LogP contribution in [0.1, 0.15) is 24.0 Å². The van der Waals surface area contributed by atoms with Gasteiger partial charge in [-0.05, 0) is 32.3 Å². The summed E-state index contributed by atoms with van der Waals surface area (Å²) in [5, 5.41) is 10.9. The van der Waals surface area contributed by atoms with E-state index in [2.05, 4.69) is 53.6 Å². The Morgan fingerprint density at radius 3 is 2.53 bits per heavy atom. The molecule has 2 aromatic rings. The van der Waals surface area contributed by atoms with E-state index in [0.29, 0.717) is 6.04 Å². The van der Waals surface area contributed by atoms with Crippen molar-refractivity contribution in [1.82, 2.24) is 10.2 Å². The minimum Gasteiger partial charge on any atom is -0.366 e. The molecule has 0 amide bonds. The molecule has 1 saturated carbocycles. The first-order chi connectivity index (χ1) is 8.24. The molecular weight excluding hydrogens is 210 g/mol. The molecule has 0 saturated heterocycles. The standard InChI is InChI=1S/C14H17N3/c1-9-3-5-11(6-4-9)13-10(2)14(17-16-13)15-12-7-8-12/h3-6,12H,7-8H2,1-2H3,(H2,15,16,17). The molecule has 88 valence electrons. The molecule has 1 aromatic heterocycles. The maximum atomic E-state index is 4.36. The highest BCUT2D eigenvalue weighted by Crippen LogP contribution is 2.30. The molecular formula is C14H17N3. The first kappa shape index (κ1) is 10.4. The highest BCUT2D eigenvalue weighted by Gasteiger charge is 2.23. The van der Waals surface area contributed by atoms with Gasteiger partial charge in [-0.25, -0.2) is 0 Å². The van der Waals surface area contributed by atoms with Crippen molar-refractivity contribution < 1.29 is 0 Å². The maximum absolute atomic E-state index is 4.36. The lowest BCUT2D eigenvalue weighted by atomic mass is 10.1. The van der Waals surface area contributed by atoms with E-state index in [-0.39, 0.29) is 0 Å². The summed E-state index contributed by atoms with van der Waals surface area (Å²) in [5.41, 5.74) is 4.81. The van der Waals surface area contributed by atoms with E-state index >= 15 is 0 Å². The monoisotopic (exact) mass is 227 g/mol. The summed E-state index contributed by atoms with van der Waals surface area (Å²) in [6, 6.07) is 9.17. The summed E-state index contributed by atoms with van der Waals surface area (Å²) in [6.07, 6.45) is 2.54. The van der Waals surface area contributed by atoms with E-state index in [0.717, 1.165) is 11.5 Å². The number of H-pyrrole nitrogens is 1. The topological polar surface area (TPSA) is 40.7 Å². The van der Waals surface area contributed by atoms with Gasteiger partial charge in [0.1, 0.15) is 0 Å². The number of nitrogens with zero attached hydrogens (tertiary/aromatic N) is 1. The van der Waals surface area contributed by atoms with Crippen molar-refractivity contribution >= 4 is 5.82 Å². The first-order valence-corrected chi connectivity index (χ1v) is 6.12. The van der Waals surface area contributed by atoms with Crippen LogP contribution in [0.15, 0.2) is 24.3 Å². The Bertz CT molecular complexity index is 521. The fourth-order valence-corrected chi connectivity index (χ4v) is 1.96. The summed E-state index contributed by atoms with van der Waals surface area (Å²) in [7, 11) is 0. The van der Waals surface area contributed by atoms with E-state index < -0.39 is 0 Å². The molecule has 3 rings (SSSR count). The fourth-order valence-electron chi connectivity index (χ4n) is 1.96. The van der Waals surface area contributed by atoms with Crippen LogP contribution in [0.3, 0.4) is 0 Å². The Labute approximate surface area is 101 Å². The summed E-state index contributed by atoms with van der Waals surface area (Å²) >= 11 is 0. The van der Waals surface area contributed by atoms with E-state index in [1.165, 1.54) is 29.5 Å². The highest BCUT2D eigenvalue weighted by molar-refractivity contribution is 5.68. The lowest BCUT2D eigenvalue weighted by molar-refractivity contribution is 1.05. The molecule has 1 aliphatic carbocycles. The van der Waals surface area contributed by atoms with E-state index in [4.69, 9.17) is 0 Å². The van der Waals surface area contributed by atoms with Crippen LogP contribution in [0.5, 0.6) is 0 Å². The molecule has 17 heavy (non-hydrogen) atoms. The maximum Gasteiger partial charge on any atom is 0.151 e. The van der Waals surface area contributed by atoms with Crippen molar-refractivity contribution in [2.24, 2.45) is 0 Å². The van der Waals surface area contributed by atoms with Crippen LogP contribution in [-0.4, -0.2) is 16.2 Å². The summed E-state index contributed by atoms with van der Waals surface area (Å²) in [6.45, 7) is 4.22. The highest BCUT2D eigenvalue weighted by atomic mass is 15.2. The van der Waals surface area contributed by atoms with E-state index in [1.54, 1.807) is 0 Å². The third-order valence-corrected chi connectivity index (χ3v) is 3.27. The summed E-state index contributed by atoms with van der Waals surface area (Å²) in [5.74, 6) is 1.00. The summed E-state index contributed by atoms with van der Waals surface area (Å²) < 4.78 is 0. The van der Waals surface area contributed by atoms with Gasteiger partial charge >= 0.3 is 0 Å². The van der Waals surface area contributed by atoms with Gasteiger partial charge in [-0.15, -0.1) is 0 Å². The average molecular weight is 227 g/mol. The Balaban J connectivity index is 1.91. The van der Waals surface area contributed by atoms with E-state index in [9.17, 15) is 0 Å². The first-order valence-electron chi connectivity index (χ1n) is 6.12. The van der Waals surface area contributed by atoms with Crippen LogP contribution in [0.25, 0.3) is 11.3 Å². The average Bonchev–Trinajstić information content (AvgIpc) is 3.07. The zero-order valence-electron chi connectivity index (χ0n) is 10.2. The molecule has 1 heterocycles. The molecule has 0 bridgehead atoms. The van der Waals surface area contributed by atoms with Gasteiger partial charge in [-0.1, -0.05) is 29.8 Å². The number of hydrogen-bond donors (Lipinski definition) is 2. The zero-order valence-corrected chi connectivity index (χ0v) is 10.2. The smallest absolute Gasteiger partial charge is 0.151 e. The lowest BCUT2D eigenvalue weighted by Gasteiger charge is -2.02. The number of hydrogen-bond acceptors (Lipinski definition) is 2. The molecule has 1 aliphatic rings. The van der Waals surface area contributed by atoms with E-state index in [1.807, 2.05) is 0 Å². The van der Waals surface area contributed by atoms with Crippen molar-refractivity contribution in [3.05, 3.63) is 35.4 Å². The van der Waals surface area contributed by atoms with Gasteiger partial charge < -0.3 is 5.32 Å². The Kier molecular flexibility index (Phi) is 2.39. The Hall–Kier alpha value is -1.77. The SMILES string of the molecule is Cc1ccc(-c2[nH]nc(NC3CC3)c2C)cc1. The lowest BCUT2D eigenvalue weighted by Crippen LogP contribution is -2.02.